The van der Waals surface area contributed by atoms with Crippen LogP contribution in [0.1, 0.15) is 43.7 Å². The van der Waals surface area contributed by atoms with Crippen molar-refractivity contribution in [1.82, 2.24) is 0 Å². The first-order chi connectivity index (χ1) is 9.11. The Morgan fingerprint density at radius 2 is 2.21 bits per heavy atom. The molecule has 0 spiro atoms. The van der Waals surface area contributed by atoms with E-state index in [-0.39, 0.29) is 17.9 Å². The van der Waals surface area contributed by atoms with Crippen LogP contribution in [0.3, 0.4) is 0 Å². The van der Waals surface area contributed by atoms with E-state index in [1.807, 2.05) is 19.1 Å². The molecule has 1 fully saturated rings. The topological polar surface area (TPSA) is 55.1 Å². The highest BCUT2D eigenvalue weighted by molar-refractivity contribution is 5.94. The smallest absolute Gasteiger partial charge is 0.227 e. The first kappa shape index (κ1) is 14.1. The molecule has 2 atom stereocenters. The predicted molar refractivity (Wildman–Crippen MR) is 79.1 cm³/mol. The Kier molecular flexibility index (Phi) is 4.59. The summed E-state index contributed by atoms with van der Waals surface area (Å²) in [6.07, 6.45) is 4.83. The Morgan fingerprint density at radius 1 is 1.42 bits per heavy atom. The van der Waals surface area contributed by atoms with Gasteiger partial charge in [-0.1, -0.05) is 31.5 Å². The van der Waals surface area contributed by atoms with Gasteiger partial charge in [-0.25, -0.2) is 0 Å². The van der Waals surface area contributed by atoms with Gasteiger partial charge in [0.15, 0.2) is 0 Å². The van der Waals surface area contributed by atoms with E-state index in [4.69, 9.17) is 5.73 Å². The zero-order chi connectivity index (χ0) is 13.8. The molecule has 2 unspecified atom stereocenters. The maximum Gasteiger partial charge on any atom is 0.227 e. The van der Waals surface area contributed by atoms with Crippen LogP contribution in [0.15, 0.2) is 18.2 Å². The molecule has 0 heterocycles. The van der Waals surface area contributed by atoms with Crippen LogP contribution in [-0.2, 0) is 11.2 Å². The number of para-hydroxylation sites is 1. The van der Waals surface area contributed by atoms with Gasteiger partial charge in [0.05, 0.1) is 0 Å². The van der Waals surface area contributed by atoms with Crippen LogP contribution in [0.5, 0.6) is 0 Å². The minimum absolute atomic E-state index is 0.0769. The van der Waals surface area contributed by atoms with Gasteiger partial charge in [-0.3, -0.25) is 4.79 Å². The summed E-state index contributed by atoms with van der Waals surface area (Å²) in [4.78, 5) is 12.4. The van der Waals surface area contributed by atoms with E-state index in [0.717, 1.165) is 43.4 Å². The standard InChI is InChI=1S/C16H24N2O/c1-3-12-7-4-6-11(2)15(12)18-16(19)13-8-5-9-14(17)10-13/h4,6-7,13-14H,3,5,8-10,17H2,1-2H3,(H,18,19). The molecular formula is C16H24N2O. The summed E-state index contributed by atoms with van der Waals surface area (Å²) in [5.41, 5.74) is 9.29. The fraction of sp³-hybridized carbons (Fsp3) is 0.562. The van der Waals surface area contributed by atoms with Crippen LogP contribution >= 0.6 is 0 Å². The van der Waals surface area contributed by atoms with E-state index in [2.05, 4.69) is 18.3 Å². The monoisotopic (exact) mass is 260 g/mol. The molecule has 0 aromatic heterocycles. The van der Waals surface area contributed by atoms with E-state index in [1.54, 1.807) is 0 Å². The van der Waals surface area contributed by atoms with E-state index in [1.165, 1.54) is 5.56 Å². The highest BCUT2D eigenvalue weighted by atomic mass is 16.1. The number of anilines is 1. The van der Waals surface area contributed by atoms with Crippen molar-refractivity contribution in [3.05, 3.63) is 29.3 Å². The second-order valence-corrected chi connectivity index (χ2v) is 5.58. The number of nitrogens with one attached hydrogen (secondary N) is 1. The van der Waals surface area contributed by atoms with Crippen LogP contribution in [0.4, 0.5) is 5.69 Å². The van der Waals surface area contributed by atoms with E-state index >= 15 is 0 Å². The molecule has 3 N–H and O–H groups in total. The van der Waals surface area contributed by atoms with E-state index in [9.17, 15) is 4.79 Å². The molecule has 2 rings (SSSR count). The molecule has 1 aliphatic rings. The number of aryl methyl sites for hydroxylation is 2. The van der Waals surface area contributed by atoms with Crippen LogP contribution < -0.4 is 11.1 Å². The fourth-order valence-electron chi connectivity index (χ4n) is 2.89. The molecule has 0 saturated heterocycles. The van der Waals surface area contributed by atoms with E-state index < -0.39 is 0 Å². The number of rotatable bonds is 3. The third-order valence-corrected chi connectivity index (χ3v) is 4.07. The lowest BCUT2D eigenvalue weighted by Gasteiger charge is -2.26. The van der Waals surface area contributed by atoms with Gasteiger partial charge in [0, 0.05) is 17.6 Å². The molecule has 1 aliphatic carbocycles. The number of hydrogen-bond donors (Lipinski definition) is 2. The van der Waals surface area contributed by atoms with Crippen molar-refractivity contribution in [2.24, 2.45) is 11.7 Å². The Balaban J connectivity index is 2.10. The van der Waals surface area contributed by atoms with Crippen LogP contribution in [0, 0.1) is 12.8 Å². The maximum atomic E-state index is 12.4. The summed E-state index contributed by atoms with van der Waals surface area (Å²) < 4.78 is 0. The molecule has 3 nitrogen and oxygen atoms in total. The van der Waals surface area contributed by atoms with Crippen molar-refractivity contribution < 1.29 is 4.79 Å². The SMILES string of the molecule is CCc1cccc(C)c1NC(=O)C1CCCC(N)C1. The molecule has 19 heavy (non-hydrogen) atoms. The third-order valence-electron chi connectivity index (χ3n) is 4.07. The molecule has 1 aromatic rings. The number of carbonyl (C=O) groups excluding carboxylic acids is 1. The van der Waals surface area contributed by atoms with Gasteiger partial charge in [-0.05, 0) is 43.7 Å². The predicted octanol–water partition coefficient (Wildman–Crippen LogP) is 3.01. The average molecular weight is 260 g/mol. The van der Waals surface area contributed by atoms with Crippen molar-refractivity contribution >= 4 is 11.6 Å². The fourth-order valence-corrected chi connectivity index (χ4v) is 2.89. The lowest BCUT2D eigenvalue weighted by Crippen LogP contribution is -2.34. The number of amides is 1. The summed E-state index contributed by atoms with van der Waals surface area (Å²) in [5, 5.41) is 3.13. The lowest BCUT2D eigenvalue weighted by molar-refractivity contribution is -0.120. The van der Waals surface area contributed by atoms with Crippen LogP contribution in [0.2, 0.25) is 0 Å². The first-order valence-electron chi connectivity index (χ1n) is 7.26. The largest absolute Gasteiger partial charge is 0.328 e. The zero-order valence-corrected chi connectivity index (χ0v) is 11.9. The van der Waals surface area contributed by atoms with Gasteiger partial charge in [-0.2, -0.15) is 0 Å². The van der Waals surface area contributed by atoms with Gasteiger partial charge < -0.3 is 11.1 Å². The van der Waals surface area contributed by atoms with Gasteiger partial charge in [-0.15, -0.1) is 0 Å². The Hall–Kier alpha value is -1.35. The Labute approximate surface area is 115 Å². The van der Waals surface area contributed by atoms with Crippen molar-refractivity contribution in [3.8, 4) is 0 Å². The van der Waals surface area contributed by atoms with Crippen LogP contribution in [-0.4, -0.2) is 11.9 Å². The highest BCUT2D eigenvalue weighted by Gasteiger charge is 2.25. The Morgan fingerprint density at radius 3 is 2.89 bits per heavy atom. The number of nitrogens with two attached hydrogens (primary N) is 1. The molecule has 0 aliphatic heterocycles. The summed E-state index contributed by atoms with van der Waals surface area (Å²) in [6, 6.07) is 6.35. The maximum absolute atomic E-state index is 12.4. The molecule has 0 radical (unpaired) electrons. The molecule has 0 bridgehead atoms. The zero-order valence-electron chi connectivity index (χ0n) is 11.9. The Bertz CT molecular complexity index is 456. The minimum atomic E-state index is 0.0769. The summed E-state index contributed by atoms with van der Waals surface area (Å²) in [5.74, 6) is 0.215. The van der Waals surface area contributed by atoms with Crippen molar-refractivity contribution in [2.75, 3.05) is 5.32 Å². The molecule has 3 heteroatoms. The van der Waals surface area contributed by atoms with Crippen molar-refractivity contribution in [1.29, 1.82) is 0 Å². The van der Waals surface area contributed by atoms with Crippen LogP contribution in [0.25, 0.3) is 0 Å². The molecule has 1 amide bonds. The van der Waals surface area contributed by atoms with Crippen molar-refractivity contribution in [3.63, 3.8) is 0 Å². The lowest BCUT2D eigenvalue weighted by atomic mass is 9.85. The highest BCUT2D eigenvalue weighted by Crippen LogP contribution is 2.27. The van der Waals surface area contributed by atoms with Gasteiger partial charge in [0.2, 0.25) is 5.91 Å². The molecule has 1 aromatic carbocycles. The van der Waals surface area contributed by atoms with Gasteiger partial charge in [0.25, 0.3) is 0 Å². The van der Waals surface area contributed by atoms with Gasteiger partial charge >= 0.3 is 0 Å². The third kappa shape index (κ3) is 3.35. The first-order valence-corrected chi connectivity index (χ1v) is 7.26. The minimum Gasteiger partial charge on any atom is -0.328 e. The van der Waals surface area contributed by atoms with E-state index in [0.29, 0.717) is 0 Å². The normalized spacial score (nSPS) is 23.1. The summed E-state index contributed by atoms with van der Waals surface area (Å²) in [7, 11) is 0. The second-order valence-electron chi connectivity index (χ2n) is 5.58. The molecule has 104 valence electrons. The number of carbonyl (C=O) groups is 1. The molecule has 1 saturated carbocycles. The van der Waals surface area contributed by atoms with Crippen molar-refractivity contribution in [2.45, 2.75) is 52.0 Å². The second kappa shape index (κ2) is 6.20. The quantitative estimate of drug-likeness (QED) is 0.877. The van der Waals surface area contributed by atoms with Gasteiger partial charge in [0.1, 0.15) is 0 Å². The molecular weight excluding hydrogens is 236 g/mol. The average Bonchev–Trinajstić information content (AvgIpc) is 2.41. The number of hydrogen-bond acceptors (Lipinski definition) is 2. The summed E-state index contributed by atoms with van der Waals surface area (Å²) in [6.45, 7) is 4.16. The number of benzene rings is 1. The summed E-state index contributed by atoms with van der Waals surface area (Å²) >= 11 is 0.